The highest BCUT2D eigenvalue weighted by atomic mass is 16.5. The van der Waals surface area contributed by atoms with E-state index in [9.17, 15) is 19.2 Å². The number of nitrogens with one attached hydrogen (secondary N) is 4. The predicted molar refractivity (Wildman–Crippen MR) is 224 cm³/mol. The fourth-order valence-corrected chi connectivity index (χ4v) is 9.95. The van der Waals surface area contributed by atoms with E-state index in [4.69, 9.17) is 24.4 Å². The van der Waals surface area contributed by atoms with Gasteiger partial charge in [0, 0.05) is 35.1 Å². The van der Waals surface area contributed by atoms with Gasteiger partial charge in [0.25, 0.3) is 0 Å². The maximum absolute atomic E-state index is 13.9. The molecule has 0 bridgehead atoms. The minimum absolute atomic E-state index is 0.111. The van der Waals surface area contributed by atoms with Gasteiger partial charge in [0.15, 0.2) is 5.82 Å². The smallest absolute Gasteiger partial charge is 0.407 e. The van der Waals surface area contributed by atoms with Crippen LogP contribution in [0, 0.1) is 35.5 Å². The van der Waals surface area contributed by atoms with Gasteiger partial charge in [0.2, 0.25) is 11.8 Å². The molecule has 4 fully saturated rings. The number of aromatic nitrogens is 5. The van der Waals surface area contributed by atoms with Crippen molar-refractivity contribution in [1.82, 2.24) is 45.4 Å². The molecule has 310 valence electrons. The van der Waals surface area contributed by atoms with Crippen LogP contribution < -0.4 is 10.6 Å². The normalized spacial score (nSPS) is 23.9. The van der Waals surface area contributed by atoms with Gasteiger partial charge in [0.05, 0.1) is 42.9 Å². The molecule has 15 heteroatoms. The van der Waals surface area contributed by atoms with Gasteiger partial charge in [0.1, 0.15) is 23.4 Å². The number of aromatic amines is 2. The summed E-state index contributed by atoms with van der Waals surface area (Å²) in [6.07, 6.45) is 0.842. The molecule has 60 heavy (non-hydrogen) atoms. The number of nitrogens with zero attached hydrogens (tertiary/aromatic N) is 5. The highest BCUT2D eigenvalue weighted by Gasteiger charge is 2.58. The molecule has 5 heterocycles. The van der Waals surface area contributed by atoms with E-state index in [1.54, 1.807) is 0 Å². The van der Waals surface area contributed by atoms with Crippen molar-refractivity contribution < 1.29 is 28.7 Å². The first kappa shape index (κ1) is 38.0. The van der Waals surface area contributed by atoms with Crippen LogP contribution in [0.25, 0.3) is 55.0 Å². The van der Waals surface area contributed by atoms with Gasteiger partial charge >= 0.3 is 12.2 Å². The lowest BCUT2D eigenvalue weighted by Crippen LogP contribution is -2.51. The second kappa shape index (κ2) is 14.2. The molecular formula is C45H49N9O6. The SMILES string of the molecule is COC(=O)N[C@H](C(=O)N1CC2CC2C1c1nc2ccc3[nH]c(-c4ccc5c(ccc6[nH]c(C7C8CC8CN7C(=O)[C@@H](NC(=O)OC)C(C)C)nc65)c4)ccc3c2n1)C(C)C. The summed E-state index contributed by atoms with van der Waals surface area (Å²) in [7, 11) is 2.60. The molecule has 6 unspecified atom stereocenters. The Balaban J connectivity index is 0.923. The van der Waals surface area contributed by atoms with Crippen molar-refractivity contribution in [3.8, 4) is 11.3 Å². The lowest BCUT2D eigenvalue weighted by atomic mass is 10.0. The number of carbonyl (C=O) groups excluding carboxylic acids is 4. The van der Waals surface area contributed by atoms with E-state index in [0.717, 1.165) is 73.7 Å². The van der Waals surface area contributed by atoms with Gasteiger partial charge in [-0.1, -0.05) is 45.9 Å². The number of pyridine rings is 1. The zero-order valence-corrected chi connectivity index (χ0v) is 34.5. The Bertz CT molecular complexity index is 2560. The van der Waals surface area contributed by atoms with Crippen molar-refractivity contribution in [1.29, 1.82) is 0 Å². The molecule has 0 radical (unpaired) electrons. The summed E-state index contributed by atoms with van der Waals surface area (Å²) in [5.41, 5.74) is 6.19. The average molecular weight is 812 g/mol. The summed E-state index contributed by atoms with van der Waals surface area (Å²) in [5.74, 6) is 2.40. The van der Waals surface area contributed by atoms with Crippen LogP contribution in [-0.2, 0) is 19.1 Å². The number of fused-ring (bicyclic) bond motifs is 8. The van der Waals surface area contributed by atoms with Gasteiger partial charge in [-0.25, -0.2) is 24.5 Å². The highest BCUT2D eigenvalue weighted by molar-refractivity contribution is 6.06. The number of likely N-dealkylation sites (tertiary alicyclic amines) is 2. The largest absolute Gasteiger partial charge is 0.453 e. The summed E-state index contributed by atoms with van der Waals surface area (Å²) < 4.78 is 9.63. The minimum Gasteiger partial charge on any atom is -0.453 e. The van der Waals surface area contributed by atoms with Crippen molar-refractivity contribution in [2.75, 3.05) is 27.3 Å². The van der Waals surface area contributed by atoms with Crippen LogP contribution in [-0.4, -0.2) is 98.1 Å². The summed E-state index contributed by atoms with van der Waals surface area (Å²) in [4.78, 5) is 78.1. The Labute approximate surface area is 346 Å². The van der Waals surface area contributed by atoms with Crippen molar-refractivity contribution in [3.63, 3.8) is 0 Å². The number of methoxy groups -OCH3 is 2. The Kier molecular flexibility index (Phi) is 8.99. The first-order valence-electron chi connectivity index (χ1n) is 20.9. The van der Waals surface area contributed by atoms with E-state index in [1.165, 1.54) is 14.2 Å². The number of carbonyl (C=O) groups is 4. The Morgan fingerprint density at radius 1 is 0.683 bits per heavy atom. The van der Waals surface area contributed by atoms with Crippen LogP contribution >= 0.6 is 0 Å². The molecule has 4 aliphatic rings. The zero-order valence-electron chi connectivity index (χ0n) is 34.5. The molecule has 4 N–H and O–H groups in total. The Morgan fingerprint density at radius 2 is 1.30 bits per heavy atom. The third kappa shape index (κ3) is 6.27. The molecule has 3 aromatic carbocycles. The van der Waals surface area contributed by atoms with Gasteiger partial charge in [-0.3, -0.25) is 9.59 Å². The van der Waals surface area contributed by atoms with Crippen LogP contribution in [0.2, 0.25) is 0 Å². The third-order valence-electron chi connectivity index (χ3n) is 13.3. The summed E-state index contributed by atoms with van der Waals surface area (Å²) in [6, 6.07) is 16.8. The number of piperidine rings is 2. The maximum Gasteiger partial charge on any atom is 0.407 e. The summed E-state index contributed by atoms with van der Waals surface area (Å²) in [5, 5.41) is 8.47. The Hall–Kier alpha value is -6.25. The predicted octanol–water partition coefficient (Wildman–Crippen LogP) is 6.61. The molecule has 2 saturated heterocycles. The number of hydrogen-bond donors (Lipinski definition) is 4. The topological polar surface area (TPSA) is 188 Å². The summed E-state index contributed by atoms with van der Waals surface area (Å²) >= 11 is 0. The molecule has 15 nitrogen and oxygen atoms in total. The molecular weight excluding hydrogens is 763 g/mol. The maximum atomic E-state index is 13.9. The van der Waals surface area contributed by atoms with E-state index >= 15 is 0 Å². The number of rotatable bonds is 9. The number of amides is 4. The van der Waals surface area contributed by atoms with Crippen LogP contribution in [0.3, 0.4) is 0 Å². The van der Waals surface area contributed by atoms with E-state index in [2.05, 4.69) is 57.0 Å². The van der Waals surface area contributed by atoms with E-state index in [1.807, 2.05) is 55.7 Å². The van der Waals surface area contributed by atoms with Gasteiger partial charge in [-0.15, -0.1) is 0 Å². The second-order valence-electron chi connectivity index (χ2n) is 17.8. The first-order chi connectivity index (χ1) is 28.9. The summed E-state index contributed by atoms with van der Waals surface area (Å²) in [6.45, 7) is 8.94. The fraction of sp³-hybridized carbons (Fsp3) is 0.444. The molecule has 6 aromatic rings. The van der Waals surface area contributed by atoms with Gasteiger partial charge in [-0.05, 0) is 95.7 Å². The molecule has 2 aliphatic carbocycles. The van der Waals surface area contributed by atoms with Gasteiger partial charge in [-0.2, -0.15) is 0 Å². The van der Waals surface area contributed by atoms with Crippen molar-refractivity contribution in [2.24, 2.45) is 35.5 Å². The monoisotopic (exact) mass is 811 g/mol. The van der Waals surface area contributed by atoms with Gasteiger partial charge < -0.3 is 39.9 Å². The van der Waals surface area contributed by atoms with Crippen molar-refractivity contribution in [2.45, 2.75) is 64.7 Å². The molecule has 4 amide bonds. The molecule has 2 saturated carbocycles. The molecule has 0 spiro atoms. The van der Waals surface area contributed by atoms with E-state index in [-0.39, 0.29) is 35.7 Å². The first-order valence-corrected chi connectivity index (χ1v) is 20.9. The molecule has 3 aromatic heterocycles. The molecule has 8 atom stereocenters. The molecule has 2 aliphatic heterocycles. The number of imidazole rings is 2. The van der Waals surface area contributed by atoms with E-state index in [0.29, 0.717) is 42.6 Å². The number of ether oxygens (including phenoxy) is 2. The van der Waals surface area contributed by atoms with Crippen LogP contribution in [0.1, 0.15) is 64.3 Å². The number of H-pyrrole nitrogens is 2. The standard InChI is InChI=1S/C45H49N9O6/c1-20(2)34(51-44(57)59-5)42(55)53-18-24-16-28(24)38(53)40-47-32-11-8-22-15-23(7-9-26(22)36(32)49-40)30-12-10-27-31(46-30)13-14-33-37(27)50-41(48-33)39-29-17-25(29)19-54(39)43(56)35(21(3)4)52-45(58)60-6/h7-15,20-21,24-25,28-29,34-35,38-39,46H,16-19H2,1-6H3,(H,47,49)(H,51,57)(H,52,58)/t24?,25?,28?,29?,34-,35-,38?,39?/m0/s1. The number of hydrogen-bond acceptors (Lipinski definition) is 9. The third-order valence-corrected chi connectivity index (χ3v) is 13.3. The lowest BCUT2D eigenvalue weighted by Gasteiger charge is -2.31. The Morgan fingerprint density at radius 3 is 1.95 bits per heavy atom. The molecule has 10 rings (SSSR count). The van der Waals surface area contributed by atoms with Crippen LogP contribution in [0.4, 0.5) is 9.59 Å². The van der Waals surface area contributed by atoms with Crippen LogP contribution in [0.5, 0.6) is 0 Å². The number of benzene rings is 3. The fourth-order valence-electron chi connectivity index (χ4n) is 9.95. The van der Waals surface area contributed by atoms with Crippen molar-refractivity contribution >= 4 is 67.7 Å². The zero-order chi connectivity index (χ0) is 41.7. The average Bonchev–Trinajstić information content (AvgIpc) is 3.90. The minimum atomic E-state index is -0.707. The van der Waals surface area contributed by atoms with E-state index < -0.39 is 24.3 Å². The van der Waals surface area contributed by atoms with Crippen molar-refractivity contribution in [3.05, 3.63) is 66.2 Å². The van der Waals surface area contributed by atoms with Crippen LogP contribution in [0.15, 0.2) is 54.6 Å². The quantitative estimate of drug-likeness (QED) is 0.125. The second-order valence-corrected chi connectivity index (χ2v) is 17.8. The highest BCUT2D eigenvalue weighted by Crippen LogP contribution is 2.57. The number of alkyl carbamates (subject to hydrolysis) is 2. The lowest BCUT2D eigenvalue weighted by molar-refractivity contribution is -0.137.